The van der Waals surface area contributed by atoms with E-state index in [4.69, 9.17) is 10.5 Å². The largest absolute Gasteiger partial charge is 0.462 e. The van der Waals surface area contributed by atoms with E-state index in [0.717, 1.165) is 0 Å². The lowest BCUT2D eigenvalue weighted by molar-refractivity contribution is 0.0524. The number of aromatic nitrogens is 1. The van der Waals surface area contributed by atoms with Crippen LogP contribution in [0.25, 0.3) is 10.9 Å². The first-order chi connectivity index (χ1) is 11.0. The van der Waals surface area contributed by atoms with Crippen molar-refractivity contribution in [2.45, 2.75) is 33.2 Å². The van der Waals surface area contributed by atoms with E-state index in [2.05, 4.69) is 0 Å². The van der Waals surface area contributed by atoms with E-state index < -0.39 is 17.2 Å². The fraction of sp³-hybridized carbons (Fsp3) is 0.412. The second-order valence-corrected chi connectivity index (χ2v) is 5.23. The Hall–Kier alpha value is -2.21. The number of aryl methyl sites for hydroxylation is 2. The number of hydrogen-bond acceptors (Lipinski definition) is 4. The number of carbonyl (C=O) groups excluding carboxylic acids is 1. The van der Waals surface area contributed by atoms with Crippen LogP contribution in [0.4, 0.5) is 4.39 Å². The Morgan fingerprint density at radius 2 is 2.09 bits per heavy atom. The third kappa shape index (κ3) is 3.42. The fourth-order valence-electron chi connectivity index (χ4n) is 2.55. The summed E-state index contributed by atoms with van der Waals surface area (Å²) >= 11 is 0. The van der Waals surface area contributed by atoms with E-state index in [-0.39, 0.29) is 17.6 Å². The molecule has 2 aromatic rings. The van der Waals surface area contributed by atoms with Gasteiger partial charge in [0.05, 0.1) is 12.1 Å². The zero-order chi connectivity index (χ0) is 17.0. The number of halogens is 1. The topological polar surface area (TPSA) is 74.3 Å². The van der Waals surface area contributed by atoms with Gasteiger partial charge in [0, 0.05) is 18.1 Å². The molecule has 0 radical (unpaired) electrons. The third-order valence-corrected chi connectivity index (χ3v) is 3.73. The van der Waals surface area contributed by atoms with Crippen LogP contribution in [0.1, 0.15) is 36.2 Å². The van der Waals surface area contributed by atoms with Gasteiger partial charge in [0.2, 0.25) is 5.43 Å². The first kappa shape index (κ1) is 17.1. The molecule has 23 heavy (non-hydrogen) atoms. The van der Waals surface area contributed by atoms with Crippen LogP contribution in [0.15, 0.2) is 23.1 Å². The van der Waals surface area contributed by atoms with Crippen LogP contribution in [0.5, 0.6) is 0 Å². The summed E-state index contributed by atoms with van der Waals surface area (Å²) in [6, 6.07) is 2.87. The lowest BCUT2D eigenvalue weighted by atomic mass is 10.0. The van der Waals surface area contributed by atoms with Gasteiger partial charge in [-0.2, -0.15) is 0 Å². The smallest absolute Gasteiger partial charge is 0.343 e. The van der Waals surface area contributed by atoms with Gasteiger partial charge in [0.1, 0.15) is 11.4 Å². The number of rotatable bonds is 6. The quantitative estimate of drug-likeness (QED) is 0.828. The maximum Gasteiger partial charge on any atom is 0.343 e. The molecular weight excluding hydrogens is 299 g/mol. The lowest BCUT2D eigenvalue weighted by Crippen LogP contribution is -2.21. The summed E-state index contributed by atoms with van der Waals surface area (Å²) in [5.41, 5.74) is 6.02. The van der Waals surface area contributed by atoms with E-state index in [0.29, 0.717) is 37.0 Å². The van der Waals surface area contributed by atoms with E-state index in [1.54, 1.807) is 17.6 Å². The maximum absolute atomic E-state index is 14.2. The minimum Gasteiger partial charge on any atom is -0.462 e. The van der Waals surface area contributed by atoms with Crippen molar-refractivity contribution in [3.8, 4) is 0 Å². The molecule has 0 aliphatic rings. The molecule has 5 nitrogen and oxygen atoms in total. The number of nitrogens with two attached hydrogens (primary N) is 1. The van der Waals surface area contributed by atoms with Gasteiger partial charge in [-0.05, 0) is 50.9 Å². The monoisotopic (exact) mass is 320 g/mol. The molecule has 0 saturated carbocycles. The molecule has 0 aliphatic heterocycles. The van der Waals surface area contributed by atoms with Gasteiger partial charge >= 0.3 is 5.97 Å². The highest BCUT2D eigenvalue weighted by Gasteiger charge is 2.17. The molecule has 0 saturated heterocycles. The number of carbonyl (C=O) groups is 1. The summed E-state index contributed by atoms with van der Waals surface area (Å²) < 4.78 is 20.9. The fourth-order valence-corrected chi connectivity index (χ4v) is 2.55. The minimum atomic E-state index is -0.686. The van der Waals surface area contributed by atoms with E-state index in [9.17, 15) is 14.0 Å². The number of benzene rings is 1. The van der Waals surface area contributed by atoms with Crippen LogP contribution in [0, 0.1) is 5.82 Å². The number of hydrogen-bond donors (Lipinski definition) is 1. The second-order valence-electron chi connectivity index (χ2n) is 5.23. The second kappa shape index (κ2) is 7.37. The highest BCUT2D eigenvalue weighted by molar-refractivity contribution is 5.94. The summed E-state index contributed by atoms with van der Waals surface area (Å²) in [6.07, 6.45) is 2.66. The van der Waals surface area contributed by atoms with Crippen molar-refractivity contribution in [1.29, 1.82) is 0 Å². The lowest BCUT2D eigenvalue weighted by Gasteiger charge is -2.13. The van der Waals surface area contributed by atoms with Crippen molar-refractivity contribution in [3.63, 3.8) is 0 Å². The maximum atomic E-state index is 14.2. The third-order valence-electron chi connectivity index (χ3n) is 3.73. The summed E-state index contributed by atoms with van der Waals surface area (Å²) in [6.45, 7) is 4.75. The van der Waals surface area contributed by atoms with Gasteiger partial charge < -0.3 is 15.0 Å². The molecule has 2 N–H and O–H groups in total. The molecule has 2 rings (SSSR count). The van der Waals surface area contributed by atoms with Crippen LogP contribution in [0.3, 0.4) is 0 Å². The van der Waals surface area contributed by atoms with Crippen LogP contribution in [0.2, 0.25) is 0 Å². The van der Waals surface area contributed by atoms with Crippen LogP contribution in [-0.4, -0.2) is 23.7 Å². The molecule has 1 heterocycles. The molecule has 0 unspecified atom stereocenters. The molecule has 1 aromatic carbocycles. The molecule has 0 atom stereocenters. The SMILES string of the molecule is CCOC(=O)c1cn(CC)c2cc(CCCN)c(F)cc2c1=O. The number of nitrogens with zero attached hydrogens (tertiary/aromatic N) is 1. The molecule has 124 valence electrons. The summed E-state index contributed by atoms with van der Waals surface area (Å²) in [4.78, 5) is 24.4. The predicted octanol–water partition coefficient (Wildman–Crippen LogP) is 2.23. The van der Waals surface area contributed by atoms with Crippen molar-refractivity contribution in [2.75, 3.05) is 13.2 Å². The average Bonchev–Trinajstić information content (AvgIpc) is 2.54. The minimum absolute atomic E-state index is 0.0738. The number of esters is 1. The van der Waals surface area contributed by atoms with E-state index >= 15 is 0 Å². The van der Waals surface area contributed by atoms with Gasteiger partial charge in [-0.1, -0.05) is 0 Å². The number of pyridine rings is 1. The van der Waals surface area contributed by atoms with Crippen LogP contribution >= 0.6 is 0 Å². The predicted molar refractivity (Wildman–Crippen MR) is 87.2 cm³/mol. The van der Waals surface area contributed by atoms with E-state index in [1.807, 2.05) is 6.92 Å². The molecule has 0 bridgehead atoms. The molecule has 0 aliphatic carbocycles. The van der Waals surface area contributed by atoms with Crippen LogP contribution in [-0.2, 0) is 17.7 Å². The van der Waals surface area contributed by atoms with Gasteiger partial charge in [-0.3, -0.25) is 4.79 Å². The van der Waals surface area contributed by atoms with Gasteiger partial charge in [0.15, 0.2) is 0 Å². The Labute approximate surface area is 133 Å². The summed E-state index contributed by atoms with van der Waals surface area (Å²) in [7, 11) is 0. The van der Waals surface area contributed by atoms with Crippen molar-refractivity contribution in [1.82, 2.24) is 4.57 Å². The highest BCUT2D eigenvalue weighted by Crippen LogP contribution is 2.19. The van der Waals surface area contributed by atoms with Crippen molar-refractivity contribution < 1.29 is 13.9 Å². The Morgan fingerprint density at radius 1 is 1.35 bits per heavy atom. The molecule has 6 heteroatoms. The zero-order valence-corrected chi connectivity index (χ0v) is 13.4. The average molecular weight is 320 g/mol. The Bertz CT molecular complexity index is 783. The summed E-state index contributed by atoms with van der Waals surface area (Å²) in [5, 5.41) is 0.186. The Morgan fingerprint density at radius 3 is 2.70 bits per heavy atom. The standard InChI is InChI=1S/C17H21FN2O3/c1-3-20-10-13(17(22)23-4-2)16(21)12-9-14(18)11(6-5-7-19)8-15(12)20/h8-10H,3-7,19H2,1-2H3. The zero-order valence-electron chi connectivity index (χ0n) is 13.4. The first-order valence-electron chi connectivity index (χ1n) is 7.76. The van der Waals surface area contributed by atoms with Gasteiger partial charge in [-0.15, -0.1) is 0 Å². The van der Waals surface area contributed by atoms with Crippen molar-refractivity contribution in [3.05, 3.63) is 45.5 Å². The highest BCUT2D eigenvalue weighted by atomic mass is 19.1. The van der Waals surface area contributed by atoms with Gasteiger partial charge in [0.25, 0.3) is 0 Å². The Kier molecular flexibility index (Phi) is 5.50. The van der Waals surface area contributed by atoms with Gasteiger partial charge in [-0.25, -0.2) is 9.18 Å². The first-order valence-corrected chi connectivity index (χ1v) is 7.76. The summed E-state index contributed by atoms with van der Waals surface area (Å²) in [5.74, 6) is -1.14. The number of ether oxygens (including phenoxy) is 1. The van der Waals surface area contributed by atoms with E-state index in [1.165, 1.54) is 12.3 Å². The normalized spacial score (nSPS) is 11.0. The van der Waals surface area contributed by atoms with Crippen LogP contribution < -0.4 is 11.2 Å². The number of fused-ring (bicyclic) bond motifs is 1. The molecule has 0 fully saturated rings. The molecule has 1 aromatic heterocycles. The molecular formula is C17H21FN2O3. The molecule has 0 spiro atoms. The Balaban J connectivity index is 2.68. The van der Waals surface area contributed by atoms with Crippen molar-refractivity contribution in [2.24, 2.45) is 5.73 Å². The molecule has 0 amide bonds. The van der Waals surface area contributed by atoms with Crippen molar-refractivity contribution >= 4 is 16.9 Å².